The fraction of sp³-hybridized carbons (Fsp3) is 0.0526. The normalized spacial score (nSPS) is 11.4. The van der Waals surface area contributed by atoms with Crippen molar-refractivity contribution in [1.29, 1.82) is 0 Å². The first-order valence-electron chi connectivity index (χ1n) is 8.64. The molecule has 0 saturated heterocycles. The molecule has 0 bridgehead atoms. The summed E-state index contributed by atoms with van der Waals surface area (Å²) in [7, 11) is -4.13. The maximum absolute atomic E-state index is 14.6. The lowest BCUT2D eigenvalue weighted by Crippen LogP contribution is -2.14. The van der Waals surface area contributed by atoms with Crippen LogP contribution in [0.3, 0.4) is 0 Å². The van der Waals surface area contributed by atoms with Gasteiger partial charge >= 0.3 is 0 Å². The van der Waals surface area contributed by atoms with E-state index in [0.717, 1.165) is 23.5 Å². The molecule has 2 N–H and O–H groups in total. The van der Waals surface area contributed by atoms with Crippen LogP contribution in [0.25, 0.3) is 5.69 Å². The highest BCUT2D eigenvalue weighted by atomic mass is 32.2. The van der Waals surface area contributed by atoms with Gasteiger partial charge in [-0.3, -0.25) is 4.72 Å². The number of halogens is 2. The lowest BCUT2D eigenvalue weighted by Gasteiger charge is -2.12. The van der Waals surface area contributed by atoms with Crippen molar-refractivity contribution in [2.75, 3.05) is 10.0 Å². The fourth-order valence-corrected chi connectivity index (χ4v) is 4.63. The lowest BCUT2D eigenvalue weighted by atomic mass is 10.3. The Morgan fingerprint density at radius 1 is 1.07 bits per heavy atom. The van der Waals surface area contributed by atoms with Gasteiger partial charge in [0, 0.05) is 23.3 Å². The highest BCUT2D eigenvalue weighted by Gasteiger charge is 2.21. The smallest absolute Gasteiger partial charge is 0.266 e. The molecule has 0 saturated carbocycles. The van der Waals surface area contributed by atoms with Crippen LogP contribution in [0, 0.1) is 18.6 Å². The second kappa shape index (κ2) is 7.84. The van der Waals surface area contributed by atoms with Crippen LogP contribution < -0.4 is 10.0 Å². The molecular formula is C19H15F2N5O2S2. The van der Waals surface area contributed by atoms with E-state index < -0.39 is 26.6 Å². The summed E-state index contributed by atoms with van der Waals surface area (Å²) in [5.74, 6) is -1.02. The fourth-order valence-electron chi connectivity index (χ4n) is 2.78. The Balaban J connectivity index is 1.63. The third-order valence-corrected chi connectivity index (χ3v) is 6.25. The number of hydrogen-bond donors (Lipinski definition) is 2. The van der Waals surface area contributed by atoms with Crippen molar-refractivity contribution >= 4 is 38.0 Å². The van der Waals surface area contributed by atoms with Crippen molar-refractivity contribution in [3.05, 3.63) is 77.4 Å². The zero-order valence-electron chi connectivity index (χ0n) is 15.5. The van der Waals surface area contributed by atoms with Gasteiger partial charge in [0.15, 0.2) is 5.13 Å². The molecule has 0 unspecified atom stereocenters. The molecule has 0 fully saturated rings. The summed E-state index contributed by atoms with van der Waals surface area (Å²) in [5, 5.41) is 8.96. The first kappa shape index (κ1) is 20.0. The molecule has 0 amide bonds. The highest BCUT2D eigenvalue weighted by Crippen LogP contribution is 2.26. The number of aromatic nitrogens is 3. The molecule has 0 atom stereocenters. The minimum atomic E-state index is -4.13. The van der Waals surface area contributed by atoms with Gasteiger partial charge in [0.25, 0.3) is 10.0 Å². The van der Waals surface area contributed by atoms with Gasteiger partial charge in [-0.2, -0.15) is 5.10 Å². The van der Waals surface area contributed by atoms with Gasteiger partial charge in [0.1, 0.15) is 28.0 Å². The molecule has 0 radical (unpaired) electrons. The lowest BCUT2D eigenvalue weighted by molar-refractivity contribution is 0.570. The van der Waals surface area contributed by atoms with Crippen molar-refractivity contribution < 1.29 is 17.2 Å². The van der Waals surface area contributed by atoms with Gasteiger partial charge in [0.05, 0.1) is 5.69 Å². The van der Waals surface area contributed by atoms with E-state index in [1.165, 1.54) is 23.0 Å². The zero-order chi connectivity index (χ0) is 21.3. The number of hydrogen-bond acceptors (Lipinski definition) is 6. The molecule has 0 aliphatic heterocycles. The van der Waals surface area contributed by atoms with Crippen LogP contribution in [0.5, 0.6) is 0 Å². The van der Waals surface area contributed by atoms with Crippen LogP contribution in [0.2, 0.25) is 0 Å². The number of rotatable bonds is 6. The van der Waals surface area contributed by atoms with E-state index in [2.05, 4.69) is 20.1 Å². The third kappa shape index (κ3) is 4.02. The Bertz CT molecular complexity index is 1300. The van der Waals surface area contributed by atoms with Crippen molar-refractivity contribution in [3.8, 4) is 5.69 Å². The highest BCUT2D eigenvalue weighted by molar-refractivity contribution is 7.93. The number of nitrogens with one attached hydrogen (secondary N) is 2. The van der Waals surface area contributed by atoms with Crippen molar-refractivity contribution in [3.63, 3.8) is 0 Å². The predicted octanol–water partition coefficient (Wildman–Crippen LogP) is 4.46. The van der Waals surface area contributed by atoms with Gasteiger partial charge in [-0.15, -0.1) is 11.3 Å². The van der Waals surface area contributed by atoms with Gasteiger partial charge in [-0.1, -0.05) is 12.1 Å². The molecule has 0 spiro atoms. The van der Waals surface area contributed by atoms with E-state index in [4.69, 9.17) is 0 Å². The maximum Gasteiger partial charge on any atom is 0.266 e. The molecular weight excluding hydrogens is 432 g/mol. The minimum absolute atomic E-state index is 0.140. The van der Waals surface area contributed by atoms with E-state index in [1.807, 2.05) is 0 Å². The first-order valence-corrected chi connectivity index (χ1v) is 11.0. The minimum Gasteiger partial charge on any atom is -0.340 e. The Morgan fingerprint density at radius 2 is 1.87 bits per heavy atom. The molecule has 4 rings (SSSR count). The molecule has 0 aliphatic rings. The second-order valence-corrected chi connectivity index (χ2v) is 8.79. The summed E-state index contributed by atoms with van der Waals surface area (Å²) in [4.78, 5) is 3.32. The molecule has 30 heavy (non-hydrogen) atoms. The van der Waals surface area contributed by atoms with E-state index in [9.17, 15) is 17.2 Å². The number of aryl methyl sites for hydroxylation is 1. The number of benzene rings is 2. The van der Waals surface area contributed by atoms with E-state index in [0.29, 0.717) is 11.5 Å². The van der Waals surface area contributed by atoms with E-state index >= 15 is 0 Å². The first-order chi connectivity index (χ1) is 14.3. The largest absolute Gasteiger partial charge is 0.340 e. The Hall–Kier alpha value is -3.31. The maximum atomic E-state index is 14.6. The Kier molecular flexibility index (Phi) is 5.22. The third-order valence-electron chi connectivity index (χ3n) is 4.06. The summed E-state index contributed by atoms with van der Waals surface area (Å²) in [6, 6.07) is 11.4. The number of thiazole rings is 1. The number of para-hydroxylation sites is 1. The van der Waals surface area contributed by atoms with E-state index in [-0.39, 0.29) is 16.5 Å². The molecule has 2 heterocycles. The molecule has 2 aromatic carbocycles. The molecule has 2 aromatic heterocycles. The van der Waals surface area contributed by atoms with E-state index in [1.54, 1.807) is 36.6 Å². The number of anilines is 3. The average Bonchev–Trinajstić information content (AvgIpc) is 3.31. The number of nitrogens with zero attached hydrogens (tertiary/aromatic N) is 3. The molecule has 154 valence electrons. The van der Waals surface area contributed by atoms with Crippen LogP contribution in [0.15, 0.2) is 65.0 Å². The topological polar surface area (TPSA) is 88.9 Å². The van der Waals surface area contributed by atoms with Crippen molar-refractivity contribution in [2.24, 2.45) is 0 Å². The Morgan fingerprint density at radius 3 is 2.57 bits per heavy atom. The van der Waals surface area contributed by atoms with Gasteiger partial charge in [0.2, 0.25) is 0 Å². The molecule has 4 aromatic rings. The van der Waals surface area contributed by atoms with Crippen LogP contribution in [-0.2, 0) is 10.0 Å². The van der Waals surface area contributed by atoms with Crippen molar-refractivity contribution in [2.45, 2.75) is 11.8 Å². The quantitative estimate of drug-likeness (QED) is 0.456. The van der Waals surface area contributed by atoms with Crippen LogP contribution in [-0.4, -0.2) is 23.2 Å². The van der Waals surface area contributed by atoms with Crippen LogP contribution >= 0.6 is 11.3 Å². The van der Waals surface area contributed by atoms with Crippen LogP contribution in [0.4, 0.5) is 25.4 Å². The summed E-state index contributed by atoms with van der Waals surface area (Å²) in [5.41, 5.74) is 1.12. The zero-order valence-corrected chi connectivity index (χ0v) is 17.1. The van der Waals surface area contributed by atoms with Crippen molar-refractivity contribution in [1.82, 2.24) is 14.8 Å². The number of sulfonamides is 1. The Labute approximate surface area is 175 Å². The van der Waals surface area contributed by atoms with Gasteiger partial charge in [-0.05, 0) is 37.3 Å². The summed E-state index contributed by atoms with van der Waals surface area (Å²) in [6.45, 7) is 1.74. The summed E-state index contributed by atoms with van der Waals surface area (Å²) < 4.78 is 57.2. The molecule has 7 nitrogen and oxygen atoms in total. The standard InChI is InChI=1S/C19H15F2N5O2S2/c1-12-10-18(26(24-12)16-5-3-2-4-14(16)20)23-13-6-7-17(15(21)11-13)30(27,28)25-19-22-8-9-29-19/h2-11,23H,1H3,(H,22,25). The molecule has 0 aliphatic carbocycles. The second-order valence-electron chi connectivity index (χ2n) is 6.25. The monoisotopic (exact) mass is 447 g/mol. The average molecular weight is 447 g/mol. The predicted molar refractivity (Wildman–Crippen MR) is 111 cm³/mol. The van der Waals surface area contributed by atoms with Gasteiger partial charge in [-0.25, -0.2) is 26.9 Å². The summed E-state index contributed by atoms with van der Waals surface area (Å²) >= 11 is 1.08. The van der Waals surface area contributed by atoms with Crippen LogP contribution in [0.1, 0.15) is 5.69 Å². The summed E-state index contributed by atoms with van der Waals surface area (Å²) in [6.07, 6.45) is 1.44. The SMILES string of the molecule is Cc1cc(Nc2ccc(S(=O)(=O)Nc3nccs3)c(F)c2)n(-c2ccccc2F)n1. The molecule has 11 heteroatoms. The van der Waals surface area contributed by atoms with Gasteiger partial charge < -0.3 is 5.32 Å².